The minimum atomic E-state index is -0.313. The molecule has 0 spiro atoms. The van der Waals surface area contributed by atoms with E-state index in [0.29, 0.717) is 10.8 Å². The van der Waals surface area contributed by atoms with Gasteiger partial charge in [0.25, 0.3) is 0 Å². The van der Waals surface area contributed by atoms with Gasteiger partial charge in [-0.25, -0.2) is 0 Å². The third-order valence-electron chi connectivity index (χ3n) is 3.05. The van der Waals surface area contributed by atoms with Crippen molar-refractivity contribution in [3.63, 3.8) is 0 Å². The number of nitrogens with two attached hydrogens (primary N) is 1. The summed E-state index contributed by atoms with van der Waals surface area (Å²) >= 11 is 9.59. The van der Waals surface area contributed by atoms with Gasteiger partial charge in [0.2, 0.25) is 0 Å². The Kier molecular flexibility index (Phi) is 5.51. The van der Waals surface area contributed by atoms with Gasteiger partial charge in [0, 0.05) is 10.5 Å². The van der Waals surface area contributed by atoms with Gasteiger partial charge < -0.3 is 15.2 Å². The lowest BCUT2D eigenvalue weighted by Crippen LogP contribution is -2.29. The highest BCUT2D eigenvalue weighted by Crippen LogP contribution is 2.33. The monoisotopic (exact) mass is 369 g/mol. The van der Waals surface area contributed by atoms with Gasteiger partial charge in [0.05, 0.1) is 12.1 Å². The van der Waals surface area contributed by atoms with Crippen molar-refractivity contribution in [1.29, 1.82) is 0 Å². The van der Waals surface area contributed by atoms with Crippen LogP contribution in [0.5, 0.6) is 11.5 Å². The molecule has 0 aliphatic rings. The lowest BCUT2D eigenvalue weighted by atomic mass is 10.0. The van der Waals surface area contributed by atoms with Crippen LogP contribution >= 0.6 is 27.5 Å². The molecule has 21 heavy (non-hydrogen) atoms. The molecule has 2 atom stereocenters. The molecule has 0 aliphatic carbocycles. The van der Waals surface area contributed by atoms with Gasteiger partial charge in [-0.1, -0.05) is 39.7 Å². The fourth-order valence-corrected chi connectivity index (χ4v) is 2.50. The molecule has 0 saturated carbocycles. The zero-order valence-electron chi connectivity index (χ0n) is 11.8. The van der Waals surface area contributed by atoms with Gasteiger partial charge in [-0.15, -0.1) is 0 Å². The largest absolute Gasteiger partial charge is 0.497 e. The lowest BCUT2D eigenvalue weighted by Gasteiger charge is -2.24. The predicted molar refractivity (Wildman–Crippen MR) is 89.2 cm³/mol. The molecule has 0 radical (unpaired) electrons. The van der Waals surface area contributed by atoms with E-state index in [1.165, 1.54) is 0 Å². The zero-order valence-corrected chi connectivity index (χ0v) is 14.2. The topological polar surface area (TPSA) is 44.5 Å². The van der Waals surface area contributed by atoms with Gasteiger partial charge in [-0.2, -0.15) is 0 Å². The van der Waals surface area contributed by atoms with E-state index < -0.39 is 0 Å². The molecule has 2 aromatic rings. The van der Waals surface area contributed by atoms with E-state index in [1.807, 2.05) is 43.3 Å². The Bertz CT molecular complexity index is 619. The van der Waals surface area contributed by atoms with Crippen LogP contribution < -0.4 is 15.2 Å². The maximum absolute atomic E-state index is 6.18. The van der Waals surface area contributed by atoms with Gasteiger partial charge in [-0.05, 0) is 42.8 Å². The summed E-state index contributed by atoms with van der Waals surface area (Å²) in [6, 6.07) is 12.9. The Morgan fingerprint density at radius 1 is 1.19 bits per heavy atom. The maximum Gasteiger partial charge on any atom is 0.140 e. The molecule has 112 valence electrons. The van der Waals surface area contributed by atoms with Crippen LogP contribution in [0.4, 0.5) is 0 Å². The molecule has 2 aromatic carbocycles. The Hall–Kier alpha value is -1.23. The van der Waals surface area contributed by atoms with Crippen molar-refractivity contribution >= 4 is 27.5 Å². The number of ether oxygens (including phenoxy) is 2. The van der Waals surface area contributed by atoms with Crippen LogP contribution in [0.2, 0.25) is 5.02 Å². The van der Waals surface area contributed by atoms with Crippen molar-refractivity contribution in [1.82, 2.24) is 0 Å². The van der Waals surface area contributed by atoms with Crippen molar-refractivity contribution in [2.75, 3.05) is 7.11 Å². The second kappa shape index (κ2) is 7.16. The molecule has 0 bridgehead atoms. The fourth-order valence-electron chi connectivity index (χ4n) is 2.00. The van der Waals surface area contributed by atoms with E-state index in [1.54, 1.807) is 13.2 Å². The molecule has 0 saturated heterocycles. The van der Waals surface area contributed by atoms with Crippen LogP contribution in [0, 0.1) is 0 Å². The molecule has 5 heteroatoms. The maximum atomic E-state index is 6.18. The first kappa shape index (κ1) is 16.1. The predicted octanol–water partition coefficient (Wildman–Crippen LogP) is 4.58. The van der Waals surface area contributed by atoms with E-state index >= 15 is 0 Å². The van der Waals surface area contributed by atoms with Crippen LogP contribution in [0.25, 0.3) is 0 Å². The van der Waals surface area contributed by atoms with Crippen LogP contribution in [0.15, 0.2) is 46.9 Å². The van der Waals surface area contributed by atoms with Crippen molar-refractivity contribution in [3.8, 4) is 11.5 Å². The summed E-state index contributed by atoms with van der Waals surface area (Å²) in [5.74, 6) is 1.36. The molecule has 0 aliphatic heterocycles. The first-order chi connectivity index (χ1) is 10.0. The molecule has 3 nitrogen and oxygen atoms in total. The number of hydrogen-bond donors (Lipinski definition) is 1. The Morgan fingerprint density at radius 2 is 1.95 bits per heavy atom. The smallest absolute Gasteiger partial charge is 0.140 e. The van der Waals surface area contributed by atoms with Crippen LogP contribution in [0.1, 0.15) is 18.6 Å². The number of rotatable bonds is 5. The Labute approximate surface area is 138 Å². The molecule has 0 fully saturated rings. The number of halogens is 2. The summed E-state index contributed by atoms with van der Waals surface area (Å²) in [5.41, 5.74) is 7.02. The minimum absolute atomic E-state index is 0.202. The second-order valence-corrected chi connectivity index (χ2v) is 6.07. The molecule has 2 rings (SSSR count). The number of hydrogen-bond acceptors (Lipinski definition) is 3. The average Bonchev–Trinajstić information content (AvgIpc) is 2.47. The summed E-state index contributed by atoms with van der Waals surface area (Å²) in [6.07, 6.45) is -0.313. The highest BCUT2D eigenvalue weighted by atomic mass is 79.9. The van der Waals surface area contributed by atoms with E-state index in [-0.39, 0.29) is 12.1 Å². The quantitative estimate of drug-likeness (QED) is 0.838. The molecule has 0 heterocycles. The Morgan fingerprint density at radius 3 is 2.62 bits per heavy atom. The molecule has 2 N–H and O–H groups in total. The van der Waals surface area contributed by atoms with Crippen LogP contribution in [-0.4, -0.2) is 13.2 Å². The van der Waals surface area contributed by atoms with Crippen LogP contribution in [0.3, 0.4) is 0 Å². The fraction of sp³-hybridized carbons (Fsp3) is 0.250. The summed E-state index contributed by atoms with van der Waals surface area (Å²) in [7, 11) is 1.63. The molecular weight excluding hydrogens is 354 g/mol. The zero-order chi connectivity index (χ0) is 15.4. The first-order valence-electron chi connectivity index (χ1n) is 6.52. The summed E-state index contributed by atoms with van der Waals surface area (Å²) in [5, 5.41) is 0.548. The van der Waals surface area contributed by atoms with Gasteiger partial charge >= 0.3 is 0 Å². The van der Waals surface area contributed by atoms with Gasteiger partial charge in [0.15, 0.2) is 0 Å². The highest BCUT2D eigenvalue weighted by Gasteiger charge is 2.20. The van der Waals surface area contributed by atoms with Gasteiger partial charge in [0.1, 0.15) is 17.6 Å². The third kappa shape index (κ3) is 4.13. The van der Waals surface area contributed by atoms with Crippen molar-refractivity contribution in [2.45, 2.75) is 19.1 Å². The van der Waals surface area contributed by atoms with E-state index in [0.717, 1.165) is 15.8 Å². The SMILES string of the molecule is COc1cccc(C(Oc2cc(Br)ccc2Cl)C(C)N)c1. The first-order valence-corrected chi connectivity index (χ1v) is 7.69. The number of benzene rings is 2. The highest BCUT2D eigenvalue weighted by molar-refractivity contribution is 9.10. The normalized spacial score (nSPS) is 13.6. The second-order valence-electron chi connectivity index (χ2n) is 4.75. The number of methoxy groups -OCH3 is 1. The summed E-state index contributed by atoms with van der Waals surface area (Å²) in [4.78, 5) is 0. The molecule has 0 aromatic heterocycles. The van der Waals surface area contributed by atoms with Crippen molar-refractivity contribution < 1.29 is 9.47 Å². The van der Waals surface area contributed by atoms with Crippen molar-refractivity contribution in [3.05, 3.63) is 57.5 Å². The van der Waals surface area contributed by atoms with E-state index in [4.69, 9.17) is 26.8 Å². The minimum Gasteiger partial charge on any atom is -0.497 e. The van der Waals surface area contributed by atoms with Crippen molar-refractivity contribution in [2.24, 2.45) is 5.73 Å². The standard InChI is InChI=1S/C16H17BrClNO2/c1-10(19)16(11-4-3-5-13(8-11)20-2)21-15-9-12(17)6-7-14(15)18/h3-10,16H,19H2,1-2H3. The van der Waals surface area contributed by atoms with Gasteiger partial charge in [-0.3, -0.25) is 0 Å². The third-order valence-corrected chi connectivity index (χ3v) is 3.85. The average molecular weight is 371 g/mol. The summed E-state index contributed by atoms with van der Waals surface area (Å²) in [6.45, 7) is 1.90. The molecule has 0 amide bonds. The van der Waals surface area contributed by atoms with Crippen LogP contribution in [-0.2, 0) is 0 Å². The Balaban J connectivity index is 2.33. The molecule has 2 unspecified atom stereocenters. The lowest BCUT2D eigenvalue weighted by molar-refractivity contribution is 0.180. The van der Waals surface area contributed by atoms with E-state index in [9.17, 15) is 0 Å². The van der Waals surface area contributed by atoms with E-state index in [2.05, 4.69) is 15.9 Å². The summed E-state index contributed by atoms with van der Waals surface area (Å²) < 4.78 is 12.2. The molecular formula is C16H17BrClNO2.